The van der Waals surface area contributed by atoms with Gasteiger partial charge in [-0.2, -0.15) is 5.10 Å². The second kappa shape index (κ2) is 5.40. The first kappa shape index (κ1) is 13.9. The van der Waals surface area contributed by atoms with Crippen LogP contribution in [0.25, 0.3) is 11.1 Å². The van der Waals surface area contributed by atoms with Crippen LogP contribution < -0.4 is 4.72 Å². The Hall–Kier alpha value is -1.02. The smallest absolute Gasteiger partial charge is 0.170 e. The van der Waals surface area contributed by atoms with E-state index >= 15 is 0 Å². The summed E-state index contributed by atoms with van der Waals surface area (Å²) in [6.07, 6.45) is 4.90. The van der Waals surface area contributed by atoms with Crippen molar-refractivity contribution < 1.29 is 4.21 Å². The Morgan fingerprint density at radius 3 is 2.95 bits per heavy atom. The molecule has 0 aromatic carbocycles. The Morgan fingerprint density at radius 1 is 1.50 bits per heavy atom. The van der Waals surface area contributed by atoms with Gasteiger partial charge in [-0.05, 0) is 25.0 Å². The lowest BCUT2D eigenvalue weighted by atomic mass is 10.1. The molecule has 20 heavy (non-hydrogen) atoms. The van der Waals surface area contributed by atoms with Crippen LogP contribution in [-0.4, -0.2) is 31.9 Å². The SMILES string of the molecule is Cc1sc([C@@H]2CCN(C)S(=O)N2)cc1-c1cnn(C)c1. The molecule has 1 N–H and O–H groups in total. The van der Waals surface area contributed by atoms with Crippen molar-refractivity contribution in [2.45, 2.75) is 19.4 Å². The lowest BCUT2D eigenvalue weighted by Gasteiger charge is -2.28. The highest BCUT2D eigenvalue weighted by molar-refractivity contribution is 7.80. The zero-order valence-corrected chi connectivity index (χ0v) is 13.4. The molecule has 3 heterocycles. The van der Waals surface area contributed by atoms with Gasteiger partial charge < -0.3 is 0 Å². The van der Waals surface area contributed by atoms with E-state index in [1.165, 1.54) is 15.3 Å². The van der Waals surface area contributed by atoms with E-state index in [1.807, 2.05) is 35.5 Å². The molecule has 2 aromatic heterocycles. The van der Waals surface area contributed by atoms with Crippen LogP contribution in [0.2, 0.25) is 0 Å². The summed E-state index contributed by atoms with van der Waals surface area (Å²) in [6, 6.07) is 2.39. The number of aromatic nitrogens is 2. The first-order chi connectivity index (χ1) is 9.54. The quantitative estimate of drug-likeness (QED) is 0.922. The summed E-state index contributed by atoms with van der Waals surface area (Å²) in [5.41, 5.74) is 2.37. The largest absolute Gasteiger partial charge is 0.275 e. The zero-order chi connectivity index (χ0) is 14.3. The molecule has 1 aliphatic heterocycles. The highest BCUT2D eigenvalue weighted by Gasteiger charge is 2.25. The molecule has 3 rings (SSSR count). The summed E-state index contributed by atoms with van der Waals surface area (Å²) in [7, 11) is 3.80. The van der Waals surface area contributed by atoms with Crippen molar-refractivity contribution in [3.8, 4) is 11.1 Å². The zero-order valence-electron chi connectivity index (χ0n) is 11.8. The summed E-state index contributed by atoms with van der Waals surface area (Å²) in [5, 5.41) is 4.23. The van der Waals surface area contributed by atoms with Crippen LogP contribution in [-0.2, 0) is 18.2 Å². The molecule has 0 amide bonds. The van der Waals surface area contributed by atoms with Crippen LogP contribution in [0.5, 0.6) is 0 Å². The predicted octanol–water partition coefficient (Wildman–Crippen LogP) is 2.00. The number of nitrogens with zero attached hydrogens (tertiary/aromatic N) is 3. The third-order valence-electron chi connectivity index (χ3n) is 3.55. The molecular weight excluding hydrogens is 292 g/mol. The number of rotatable bonds is 2. The van der Waals surface area contributed by atoms with Crippen LogP contribution >= 0.6 is 11.3 Å². The van der Waals surface area contributed by atoms with Crippen molar-refractivity contribution in [2.24, 2.45) is 7.05 Å². The van der Waals surface area contributed by atoms with Gasteiger partial charge in [-0.25, -0.2) is 13.2 Å². The Morgan fingerprint density at radius 2 is 2.30 bits per heavy atom. The molecule has 1 aliphatic rings. The van der Waals surface area contributed by atoms with E-state index in [0.717, 1.165) is 18.5 Å². The summed E-state index contributed by atoms with van der Waals surface area (Å²) in [6.45, 7) is 2.98. The Balaban J connectivity index is 1.87. The average molecular weight is 310 g/mol. The number of aryl methyl sites for hydroxylation is 2. The Labute approximate surface area is 125 Å². The third-order valence-corrected chi connectivity index (χ3v) is 5.95. The average Bonchev–Trinajstić information content (AvgIpc) is 2.99. The van der Waals surface area contributed by atoms with Crippen molar-refractivity contribution in [2.75, 3.05) is 13.6 Å². The van der Waals surface area contributed by atoms with Gasteiger partial charge in [0.05, 0.1) is 12.2 Å². The van der Waals surface area contributed by atoms with Gasteiger partial charge in [-0.1, -0.05) is 0 Å². The monoisotopic (exact) mass is 310 g/mol. The van der Waals surface area contributed by atoms with Crippen molar-refractivity contribution >= 4 is 22.5 Å². The predicted molar refractivity (Wildman–Crippen MR) is 82.5 cm³/mol. The van der Waals surface area contributed by atoms with Crippen molar-refractivity contribution in [1.29, 1.82) is 0 Å². The number of hydrogen-bond acceptors (Lipinski definition) is 3. The van der Waals surface area contributed by atoms with Gasteiger partial charge in [-0.3, -0.25) is 4.68 Å². The minimum Gasteiger partial charge on any atom is -0.275 e. The molecule has 0 saturated carbocycles. The fourth-order valence-corrected chi connectivity index (χ4v) is 4.54. The molecule has 2 aromatic rings. The van der Waals surface area contributed by atoms with Gasteiger partial charge in [0, 0.05) is 42.2 Å². The highest BCUT2D eigenvalue weighted by Crippen LogP contribution is 2.35. The second-order valence-electron chi connectivity index (χ2n) is 5.08. The molecule has 1 fully saturated rings. The summed E-state index contributed by atoms with van der Waals surface area (Å²) in [4.78, 5) is 2.53. The normalized spacial score (nSPS) is 24.1. The molecule has 5 nitrogen and oxygen atoms in total. The van der Waals surface area contributed by atoms with Gasteiger partial charge in [0.2, 0.25) is 0 Å². The van der Waals surface area contributed by atoms with E-state index in [1.54, 1.807) is 11.3 Å². The second-order valence-corrected chi connectivity index (χ2v) is 7.73. The highest BCUT2D eigenvalue weighted by atomic mass is 32.2. The van der Waals surface area contributed by atoms with Crippen LogP contribution in [0.15, 0.2) is 18.5 Å². The van der Waals surface area contributed by atoms with Gasteiger partial charge in [0.25, 0.3) is 0 Å². The van der Waals surface area contributed by atoms with Gasteiger partial charge >= 0.3 is 0 Å². The van der Waals surface area contributed by atoms with Crippen LogP contribution in [0, 0.1) is 6.92 Å². The number of hydrogen-bond donors (Lipinski definition) is 1. The minimum absolute atomic E-state index is 0.182. The van der Waals surface area contributed by atoms with E-state index in [-0.39, 0.29) is 6.04 Å². The molecule has 0 spiro atoms. The summed E-state index contributed by atoms with van der Waals surface area (Å²) < 4.78 is 18.7. The van der Waals surface area contributed by atoms with E-state index in [0.29, 0.717) is 0 Å². The first-order valence-corrected chi connectivity index (χ1v) is 8.45. The standard InChI is InChI=1S/C13H18N4OS2/c1-9-11(10-7-14-16(2)8-10)6-13(19-9)12-4-5-17(3)20(18)15-12/h6-8,12,15H,4-5H2,1-3H3/t12-,20?/m0/s1. The fourth-order valence-electron chi connectivity index (χ4n) is 2.39. The van der Waals surface area contributed by atoms with Crippen molar-refractivity contribution in [3.05, 3.63) is 28.2 Å². The lowest BCUT2D eigenvalue weighted by Crippen LogP contribution is -2.41. The van der Waals surface area contributed by atoms with Gasteiger partial charge in [-0.15, -0.1) is 11.3 Å². The van der Waals surface area contributed by atoms with E-state index < -0.39 is 11.2 Å². The summed E-state index contributed by atoms with van der Waals surface area (Å²) in [5.74, 6) is 0. The number of thiophene rings is 1. The maximum atomic E-state index is 11.9. The third kappa shape index (κ3) is 2.58. The lowest BCUT2D eigenvalue weighted by molar-refractivity contribution is 0.421. The van der Waals surface area contributed by atoms with Gasteiger partial charge in [0.1, 0.15) is 0 Å². The Bertz CT molecular complexity index is 649. The van der Waals surface area contributed by atoms with Gasteiger partial charge in [0.15, 0.2) is 11.2 Å². The topological polar surface area (TPSA) is 50.2 Å². The van der Waals surface area contributed by atoms with E-state index in [2.05, 4.69) is 22.8 Å². The minimum atomic E-state index is -1.08. The van der Waals surface area contributed by atoms with Crippen molar-refractivity contribution in [3.63, 3.8) is 0 Å². The van der Waals surface area contributed by atoms with Crippen LogP contribution in [0.4, 0.5) is 0 Å². The first-order valence-electron chi connectivity index (χ1n) is 6.53. The molecule has 108 valence electrons. The number of nitrogens with one attached hydrogen (secondary N) is 1. The molecular formula is C13H18N4OS2. The maximum absolute atomic E-state index is 11.9. The van der Waals surface area contributed by atoms with Crippen LogP contribution in [0.3, 0.4) is 0 Å². The van der Waals surface area contributed by atoms with E-state index in [4.69, 9.17) is 0 Å². The summed E-state index contributed by atoms with van der Waals surface area (Å²) >= 11 is 0.696. The van der Waals surface area contributed by atoms with Crippen LogP contribution in [0.1, 0.15) is 22.2 Å². The molecule has 1 unspecified atom stereocenters. The Kier molecular flexibility index (Phi) is 3.76. The molecule has 0 radical (unpaired) electrons. The van der Waals surface area contributed by atoms with E-state index in [9.17, 15) is 4.21 Å². The molecule has 0 bridgehead atoms. The maximum Gasteiger partial charge on any atom is 0.170 e. The molecule has 7 heteroatoms. The van der Waals surface area contributed by atoms with Crippen molar-refractivity contribution in [1.82, 2.24) is 18.8 Å². The molecule has 1 saturated heterocycles. The molecule has 2 atom stereocenters. The molecule has 0 aliphatic carbocycles. The fraction of sp³-hybridized carbons (Fsp3) is 0.462.